The Balaban J connectivity index is 1.60. The normalized spacial score (nSPS) is 15.6. The zero-order valence-electron chi connectivity index (χ0n) is 19.3. The number of imidazole rings is 1. The van der Waals surface area contributed by atoms with Crippen molar-refractivity contribution in [2.24, 2.45) is 0 Å². The highest BCUT2D eigenvalue weighted by Crippen LogP contribution is 2.27. The predicted molar refractivity (Wildman–Crippen MR) is 133 cm³/mol. The number of carbonyl (C=O) groups is 1. The van der Waals surface area contributed by atoms with Crippen LogP contribution in [0.1, 0.15) is 28.8 Å². The minimum Gasteiger partial charge on any atom is -0.383 e. The number of nitriles is 1. The average Bonchev–Trinajstić information content (AvgIpc) is 3.43. The second-order valence-corrected chi connectivity index (χ2v) is 10.9. The van der Waals surface area contributed by atoms with Gasteiger partial charge in [-0.2, -0.15) is 13.7 Å². The second kappa shape index (κ2) is 10.8. The summed E-state index contributed by atoms with van der Waals surface area (Å²) >= 11 is 3.51. The van der Waals surface area contributed by atoms with E-state index in [4.69, 9.17) is 9.44 Å². The molecular weight excluding hydrogens is 553 g/mol. The molecule has 1 aliphatic rings. The van der Waals surface area contributed by atoms with Crippen molar-refractivity contribution >= 4 is 32.0 Å². The average molecular weight is 576 g/mol. The highest BCUT2D eigenvalue weighted by atomic mass is 79.9. The number of benzene rings is 2. The fourth-order valence-corrected chi connectivity index (χ4v) is 4.92. The summed E-state index contributed by atoms with van der Waals surface area (Å²) in [5.41, 5.74) is 2.20. The summed E-state index contributed by atoms with van der Waals surface area (Å²) in [4.78, 5) is 18.8. The number of halogens is 2. The summed E-state index contributed by atoms with van der Waals surface area (Å²) in [6.45, 7) is 1.59. The maximum absolute atomic E-state index is 14.1. The van der Waals surface area contributed by atoms with Crippen molar-refractivity contribution in [2.75, 3.05) is 12.8 Å². The SMILES string of the molecule is CS(=O)(=O)Oc1ccc(Br)c(CN(Cc2cncn2Cc2ccc(C#N)c(F)c2)C2CCNC2=O)c1. The van der Waals surface area contributed by atoms with E-state index >= 15 is 0 Å². The zero-order chi connectivity index (χ0) is 25.9. The molecule has 4 rings (SSSR count). The number of rotatable bonds is 9. The van der Waals surface area contributed by atoms with Gasteiger partial charge in [-0.25, -0.2) is 9.37 Å². The van der Waals surface area contributed by atoms with E-state index in [0.717, 1.165) is 22.0 Å². The Labute approximate surface area is 216 Å². The molecule has 1 aromatic heterocycles. The summed E-state index contributed by atoms with van der Waals surface area (Å²) in [5, 5.41) is 11.8. The third-order valence-corrected chi connectivity index (χ3v) is 7.04. The van der Waals surface area contributed by atoms with Gasteiger partial charge in [-0.1, -0.05) is 22.0 Å². The molecule has 0 radical (unpaired) electrons. The van der Waals surface area contributed by atoms with Crippen molar-refractivity contribution in [3.05, 3.63) is 81.6 Å². The second-order valence-electron chi connectivity index (χ2n) is 8.48. The minimum absolute atomic E-state index is 0.0179. The van der Waals surface area contributed by atoms with Crippen LogP contribution in [0, 0.1) is 17.1 Å². The molecule has 188 valence electrons. The molecular formula is C24H23BrFN5O4S. The smallest absolute Gasteiger partial charge is 0.306 e. The Morgan fingerprint density at radius 2 is 2.11 bits per heavy atom. The van der Waals surface area contributed by atoms with Crippen molar-refractivity contribution < 1.29 is 21.8 Å². The van der Waals surface area contributed by atoms with E-state index in [-0.39, 0.29) is 17.2 Å². The van der Waals surface area contributed by atoms with E-state index in [0.29, 0.717) is 38.2 Å². The van der Waals surface area contributed by atoms with Crippen molar-refractivity contribution in [2.45, 2.75) is 32.1 Å². The van der Waals surface area contributed by atoms with Crippen LogP contribution in [0.3, 0.4) is 0 Å². The number of hydrogen-bond acceptors (Lipinski definition) is 7. The molecule has 0 bridgehead atoms. The lowest BCUT2D eigenvalue weighted by Gasteiger charge is -2.28. The molecule has 0 saturated carbocycles. The number of aromatic nitrogens is 2. The standard InChI is InChI=1S/C24H23BrFN5O4S/c1-36(33,34)35-20-4-5-21(25)18(9-20)13-30(23-6-7-29-24(23)32)14-19-11-28-15-31(19)12-16-2-3-17(10-27)22(26)8-16/h2-5,8-9,11,15,23H,6-7,12-14H2,1H3,(H,29,32). The van der Waals surface area contributed by atoms with Gasteiger partial charge in [0.1, 0.15) is 17.6 Å². The number of carbonyl (C=O) groups excluding carboxylic acids is 1. The van der Waals surface area contributed by atoms with Gasteiger partial charge in [0.25, 0.3) is 0 Å². The maximum atomic E-state index is 14.1. The van der Waals surface area contributed by atoms with Gasteiger partial charge in [-0.15, -0.1) is 0 Å². The summed E-state index contributed by atoms with van der Waals surface area (Å²) in [6, 6.07) is 10.8. The summed E-state index contributed by atoms with van der Waals surface area (Å²) < 4.78 is 44.9. The molecule has 0 spiro atoms. The molecule has 36 heavy (non-hydrogen) atoms. The summed E-state index contributed by atoms with van der Waals surface area (Å²) in [6.07, 6.45) is 4.92. The summed E-state index contributed by atoms with van der Waals surface area (Å²) in [5.74, 6) is -0.490. The van der Waals surface area contributed by atoms with Crippen LogP contribution >= 0.6 is 15.9 Å². The molecule has 1 amide bonds. The Morgan fingerprint density at radius 3 is 2.78 bits per heavy atom. The quantitative estimate of drug-likeness (QED) is 0.390. The Bertz CT molecular complexity index is 1440. The van der Waals surface area contributed by atoms with Crippen molar-refractivity contribution in [3.63, 3.8) is 0 Å². The fourth-order valence-electron chi connectivity index (χ4n) is 4.10. The van der Waals surface area contributed by atoms with Crippen molar-refractivity contribution in [1.29, 1.82) is 5.26 Å². The highest BCUT2D eigenvalue weighted by Gasteiger charge is 2.31. The molecule has 12 heteroatoms. The van der Waals surface area contributed by atoms with Gasteiger partial charge in [0.2, 0.25) is 5.91 Å². The van der Waals surface area contributed by atoms with Crippen molar-refractivity contribution in [3.8, 4) is 11.8 Å². The third kappa shape index (κ3) is 6.29. The molecule has 1 saturated heterocycles. The number of amides is 1. The highest BCUT2D eigenvalue weighted by molar-refractivity contribution is 9.10. The molecule has 1 unspecified atom stereocenters. The fraction of sp³-hybridized carbons (Fsp3) is 0.292. The van der Waals surface area contributed by atoms with Crippen LogP contribution in [0.2, 0.25) is 0 Å². The van der Waals surface area contributed by atoms with Gasteiger partial charge in [-0.05, 0) is 47.9 Å². The lowest BCUT2D eigenvalue weighted by atomic mass is 10.1. The van der Waals surface area contributed by atoms with E-state index in [1.807, 2.05) is 15.5 Å². The first-order valence-corrected chi connectivity index (χ1v) is 13.6. The Kier molecular flexibility index (Phi) is 7.73. The van der Waals surface area contributed by atoms with Crippen LogP contribution in [0.15, 0.2) is 53.4 Å². The van der Waals surface area contributed by atoms with Gasteiger partial charge in [0.05, 0.1) is 29.9 Å². The molecule has 3 aromatic rings. The molecule has 1 atom stereocenters. The van der Waals surface area contributed by atoms with Crippen LogP contribution in [-0.2, 0) is 34.5 Å². The van der Waals surface area contributed by atoms with Crippen LogP contribution in [0.25, 0.3) is 0 Å². The maximum Gasteiger partial charge on any atom is 0.306 e. The zero-order valence-corrected chi connectivity index (χ0v) is 21.7. The first-order chi connectivity index (χ1) is 17.1. The van der Waals surface area contributed by atoms with Crippen LogP contribution in [0.5, 0.6) is 5.75 Å². The van der Waals surface area contributed by atoms with Gasteiger partial charge < -0.3 is 14.1 Å². The van der Waals surface area contributed by atoms with Crippen LogP contribution in [0.4, 0.5) is 4.39 Å². The molecule has 9 nitrogen and oxygen atoms in total. The molecule has 1 aliphatic heterocycles. The lowest BCUT2D eigenvalue weighted by Crippen LogP contribution is -2.40. The largest absolute Gasteiger partial charge is 0.383 e. The number of hydrogen-bond donors (Lipinski definition) is 1. The molecule has 1 fully saturated rings. The van der Waals surface area contributed by atoms with Crippen LogP contribution < -0.4 is 9.50 Å². The predicted octanol–water partition coefficient (Wildman–Crippen LogP) is 2.93. The van der Waals surface area contributed by atoms with Crippen molar-refractivity contribution in [1.82, 2.24) is 19.8 Å². The van der Waals surface area contributed by atoms with Gasteiger partial charge in [0.15, 0.2) is 0 Å². The first-order valence-electron chi connectivity index (χ1n) is 11.0. The van der Waals surface area contributed by atoms with Crippen LogP contribution in [-0.4, -0.2) is 47.6 Å². The van der Waals surface area contributed by atoms with E-state index in [2.05, 4.69) is 26.2 Å². The summed E-state index contributed by atoms with van der Waals surface area (Å²) in [7, 11) is -3.69. The molecule has 2 heterocycles. The molecule has 1 N–H and O–H groups in total. The number of nitrogens with one attached hydrogen (secondary N) is 1. The molecule has 2 aromatic carbocycles. The van der Waals surface area contributed by atoms with E-state index in [9.17, 15) is 17.6 Å². The van der Waals surface area contributed by atoms with Gasteiger partial charge >= 0.3 is 10.1 Å². The third-order valence-electron chi connectivity index (χ3n) is 5.77. The molecule has 0 aliphatic carbocycles. The van der Waals surface area contributed by atoms with Gasteiger partial charge in [0, 0.05) is 36.8 Å². The van der Waals surface area contributed by atoms with E-state index < -0.39 is 22.0 Å². The lowest BCUT2D eigenvalue weighted by molar-refractivity contribution is -0.124. The van der Waals surface area contributed by atoms with Gasteiger partial charge in [-0.3, -0.25) is 9.69 Å². The topological polar surface area (TPSA) is 117 Å². The number of nitrogens with zero attached hydrogens (tertiary/aromatic N) is 4. The van der Waals surface area contributed by atoms with E-state index in [1.54, 1.807) is 36.8 Å². The monoisotopic (exact) mass is 575 g/mol. The Morgan fingerprint density at radius 1 is 1.31 bits per heavy atom. The minimum atomic E-state index is -3.69. The van der Waals surface area contributed by atoms with E-state index in [1.165, 1.54) is 12.1 Å². The Hall–Kier alpha value is -3.27. The first kappa shape index (κ1) is 25.8.